The first-order valence-electron chi connectivity index (χ1n) is 13.0. The van der Waals surface area contributed by atoms with Gasteiger partial charge in [-0.3, -0.25) is 24.6 Å². The minimum Gasteiger partial charge on any atom is -0.377 e. The quantitative estimate of drug-likeness (QED) is 0.358. The Morgan fingerprint density at radius 3 is 2.53 bits per heavy atom. The molecule has 2 heterocycles. The van der Waals surface area contributed by atoms with Crippen LogP contribution in [0.15, 0.2) is 48.5 Å². The van der Waals surface area contributed by atoms with Crippen LogP contribution >= 0.6 is 0 Å². The zero-order chi connectivity index (χ0) is 27.1. The van der Waals surface area contributed by atoms with E-state index in [9.17, 15) is 24.1 Å². The van der Waals surface area contributed by atoms with Crippen LogP contribution in [0.3, 0.4) is 0 Å². The van der Waals surface area contributed by atoms with Gasteiger partial charge in [-0.25, -0.2) is 4.39 Å². The number of carbonyl (C=O) groups is 2. The predicted octanol–water partition coefficient (Wildman–Crippen LogP) is 2.46. The number of piperidine rings is 1. The molecule has 11 heteroatoms. The van der Waals surface area contributed by atoms with E-state index in [2.05, 4.69) is 10.2 Å². The van der Waals surface area contributed by atoms with Crippen molar-refractivity contribution in [3.63, 3.8) is 0 Å². The standard InChI is InChI=1S/C27H34FN5O5/c28-21-7-5-20(6-8-21)27(35)32-14-11-23(16-25(32)26(34)30-13-12-29)31(18-24-2-1-15-38-24)17-19-3-9-22(10-4-19)33(36)37/h3-10,23-25H,1-2,11-18,29H2,(H,30,34)/t23?,24?,25-/m1/s1. The summed E-state index contributed by atoms with van der Waals surface area (Å²) in [5.41, 5.74) is 6.87. The maximum atomic E-state index is 13.4. The van der Waals surface area contributed by atoms with Crippen LogP contribution in [0.25, 0.3) is 0 Å². The number of likely N-dealkylation sites (tertiary alicyclic amines) is 1. The fraction of sp³-hybridized carbons (Fsp3) is 0.481. The van der Waals surface area contributed by atoms with Gasteiger partial charge in [-0.15, -0.1) is 0 Å². The van der Waals surface area contributed by atoms with Crippen molar-refractivity contribution in [2.75, 3.05) is 32.8 Å². The summed E-state index contributed by atoms with van der Waals surface area (Å²) < 4.78 is 19.3. The number of nitro groups is 1. The van der Waals surface area contributed by atoms with E-state index in [4.69, 9.17) is 10.5 Å². The zero-order valence-electron chi connectivity index (χ0n) is 21.3. The molecule has 38 heavy (non-hydrogen) atoms. The highest BCUT2D eigenvalue weighted by atomic mass is 19.1. The van der Waals surface area contributed by atoms with Crippen LogP contribution in [0.4, 0.5) is 10.1 Å². The minimum atomic E-state index is -0.721. The number of nitrogens with zero attached hydrogens (tertiary/aromatic N) is 3. The molecule has 0 aliphatic carbocycles. The van der Waals surface area contributed by atoms with Gasteiger partial charge in [0, 0.05) is 63.1 Å². The highest BCUT2D eigenvalue weighted by molar-refractivity contribution is 5.97. The number of nitrogens with two attached hydrogens (primary N) is 1. The molecule has 0 aromatic heterocycles. The number of benzene rings is 2. The zero-order valence-corrected chi connectivity index (χ0v) is 21.3. The molecule has 2 fully saturated rings. The Morgan fingerprint density at radius 1 is 1.16 bits per heavy atom. The van der Waals surface area contributed by atoms with Gasteiger partial charge in [-0.2, -0.15) is 0 Å². The molecule has 204 valence electrons. The first-order valence-corrected chi connectivity index (χ1v) is 13.0. The minimum absolute atomic E-state index is 0.0275. The molecule has 2 saturated heterocycles. The Balaban J connectivity index is 1.55. The van der Waals surface area contributed by atoms with Gasteiger partial charge in [-0.05, 0) is 55.5 Å². The van der Waals surface area contributed by atoms with Crippen LogP contribution in [0, 0.1) is 15.9 Å². The lowest BCUT2D eigenvalue weighted by Crippen LogP contribution is -2.58. The number of hydrogen-bond donors (Lipinski definition) is 2. The lowest BCUT2D eigenvalue weighted by atomic mass is 9.93. The molecule has 2 unspecified atom stereocenters. The van der Waals surface area contributed by atoms with E-state index >= 15 is 0 Å². The second kappa shape index (κ2) is 12.9. The normalized spacial score (nSPS) is 21.4. The Hall–Kier alpha value is -3.41. The maximum Gasteiger partial charge on any atom is 0.269 e. The van der Waals surface area contributed by atoms with E-state index in [1.807, 2.05) is 0 Å². The van der Waals surface area contributed by atoms with Gasteiger partial charge in [0.15, 0.2) is 0 Å². The molecule has 2 aromatic carbocycles. The van der Waals surface area contributed by atoms with Gasteiger partial charge >= 0.3 is 0 Å². The van der Waals surface area contributed by atoms with Crippen molar-refractivity contribution in [3.8, 4) is 0 Å². The fourth-order valence-corrected chi connectivity index (χ4v) is 5.19. The van der Waals surface area contributed by atoms with Crippen LogP contribution in [0.2, 0.25) is 0 Å². The summed E-state index contributed by atoms with van der Waals surface area (Å²) in [5, 5.41) is 13.9. The first kappa shape index (κ1) is 27.6. The molecular weight excluding hydrogens is 493 g/mol. The SMILES string of the molecule is NCCNC(=O)[C@H]1CC(N(Cc2ccc([N+](=O)[O-])cc2)CC2CCCO2)CCN1C(=O)c1ccc(F)cc1. The number of amides is 2. The van der Waals surface area contributed by atoms with E-state index in [1.165, 1.54) is 36.4 Å². The highest BCUT2D eigenvalue weighted by Crippen LogP contribution is 2.28. The predicted molar refractivity (Wildman–Crippen MR) is 139 cm³/mol. The molecule has 4 rings (SSSR count). The molecule has 0 spiro atoms. The molecule has 0 saturated carbocycles. The molecular formula is C27H34FN5O5. The Kier molecular flexibility index (Phi) is 9.38. The third-order valence-electron chi connectivity index (χ3n) is 7.18. The number of carbonyl (C=O) groups excluding carboxylic acids is 2. The summed E-state index contributed by atoms with van der Waals surface area (Å²) in [7, 11) is 0. The molecule has 0 bridgehead atoms. The second-order valence-corrected chi connectivity index (χ2v) is 9.77. The Labute approximate surface area is 221 Å². The van der Waals surface area contributed by atoms with Crippen molar-refractivity contribution in [1.29, 1.82) is 0 Å². The molecule has 10 nitrogen and oxygen atoms in total. The second-order valence-electron chi connectivity index (χ2n) is 9.77. The molecule has 2 aromatic rings. The van der Waals surface area contributed by atoms with E-state index in [0.717, 1.165) is 18.4 Å². The molecule has 3 N–H and O–H groups in total. The van der Waals surface area contributed by atoms with Crippen LogP contribution in [-0.4, -0.2) is 77.5 Å². The lowest BCUT2D eigenvalue weighted by molar-refractivity contribution is -0.384. The van der Waals surface area contributed by atoms with Crippen LogP contribution in [-0.2, 0) is 16.1 Å². The molecule has 0 radical (unpaired) electrons. The van der Waals surface area contributed by atoms with Gasteiger partial charge < -0.3 is 20.7 Å². The molecule has 3 atom stereocenters. The first-order chi connectivity index (χ1) is 18.4. The van der Waals surface area contributed by atoms with Crippen LogP contribution in [0.5, 0.6) is 0 Å². The number of hydrogen-bond acceptors (Lipinski definition) is 7. The van der Waals surface area contributed by atoms with E-state index < -0.39 is 16.8 Å². The van der Waals surface area contributed by atoms with Crippen molar-refractivity contribution >= 4 is 17.5 Å². The van der Waals surface area contributed by atoms with E-state index in [1.54, 1.807) is 17.0 Å². The summed E-state index contributed by atoms with van der Waals surface area (Å²) in [5.74, 6) is -1.03. The number of ether oxygens (including phenoxy) is 1. The van der Waals surface area contributed by atoms with Crippen molar-refractivity contribution in [2.45, 2.75) is 50.4 Å². The Morgan fingerprint density at radius 2 is 1.89 bits per heavy atom. The summed E-state index contributed by atoms with van der Waals surface area (Å²) in [6.45, 7) is 2.82. The molecule has 2 aliphatic rings. The summed E-state index contributed by atoms with van der Waals surface area (Å²) in [6, 6.07) is 11.1. The summed E-state index contributed by atoms with van der Waals surface area (Å²) >= 11 is 0. The number of nitro benzene ring substituents is 1. The Bertz CT molecular complexity index is 1110. The summed E-state index contributed by atoms with van der Waals surface area (Å²) in [4.78, 5) is 41.0. The van der Waals surface area contributed by atoms with E-state index in [0.29, 0.717) is 51.2 Å². The largest absolute Gasteiger partial charge is 0.377 e. The lowest BCUT2D eigenvalue weighted by Gasteiger charge is -2.43. The summed E-state index contributed by atoms with van der Waals surface area (Å²) in [6.07, 6.45) is 3.04. The number of rotatable bonds is 10. The van der Waals surface area contributed by atoms with Gasteiger partial charge in [0.05, 0.1) is 11.0 Å². The van der Waals surface area contributed by atoms with E-state index in [-0.39, 0.29) is 36.2 Å². The average molecular weight is 528 g/mol. The third-order valence-corrected chi connectivity index (χ3v) is 7.18. The third kappa shape index (κ3) is 6.91. The number of halogens is 1. The van der Waals surface area contributed by atoms with Crippen LogP contribution in [0.1, 0.15) is 41.6 Å². The maximum absolute atomic E-state index is 13.4. The number of nitrogens with one attached hydrogen (secondary N) is 1. The van der Waals surface area contributed by atoms with Crippen molar-refractivity contribution in [1.82, 2.24) is 15.1 Å². The highest BCUT2D eigenvalue weighted by Gasteiger charge is 2.39. The van der Waals surface area contributed by atoms with Crippen molar-refractivity contribution < 1.29 is 23.6 Å². The van der Waals surface area contributed by atoms with Crippen molar-refractivity contribution in [2.24, 2.45) is 5.73 Å². The van der Waals surface area contributed by atoms with Crippen LogP contribution < -0.4 is 11.1 Å². The average Bonchev–Trinajstić information content (AvgIpc) is 3.44. The van der Waals surface area contributed by atoms with Gasteiger partial charge in [0.1, 0.15) is 11.9 Å². The molecule has 2 amide bonds. The molecule has 2 aliphatic heterocycles. The number of non-ortho nitro benzene ring substituents is 1. The van der Waals surface area contributed by atoms with Gasteiger partial charge in [-0.1, -0.05) is 12.1 Å². The van der Waals surface area contributed by atoms with Gasteiger partial charge in [0.25, 0.3) is 11.6 Å². The van der Waals surface area contributed by atoms with Crippen molar-refractivity contribution in [3.05, 3.63) is 75.6 Å². The fourth-order valence-electron chi connectivity index (χ4n) is 5.19. The smallest absolute Gasteiger partial charge is 0.269 e. The van der Waals surface area contributed by atoms with Gasteiger partial charge in [0.2, 0.25) is 5.91 Å². The monoisotopic (exact) mass is 527 g/mol. The topological polar surface area (TPSA) is 131 Å².